The van der Waals surface area contributed by atoms with Crippen LogP contribution >= 0.6 is 12.2 Å². The molecule has 2 N–H and O–H groups in total. The molecule has 0 amide bonds. The number of nitrogens with one attached hydrogen (secondary N) is 2. The normalized spacial score (nSPS) is 16.9. The highest BCUT2D eigenvalue weighted by molar-refractivity contribution is 7.80. The molecule has 0 bridgehead atoms. The molecule has 0 aliphatic carbocycles. The molecule has 128 valence electrons. The van der Waals surface area contributed by atoms with Gasteiger partial charge in [0.1, 0.15) is 5.82 Å². The number of thiocarbonyl (C=S) groups is 1. The van der Waals surface area contributed by atoms with Gasteiger partial charge in [0.2, 0.25) is 0 Å². The molecular formula is C19H17FN2O2S. The van der Waals surface area contributed by atoms with Gasteiger partial charge in [-0.3, -0.25) is 0 Å². The molecule has 1 aliphatic rings. The molecule has 6 heteroatoms. The van der Waals surface area contributed by atoms with E-state index in [4.69, 9.17) is 17.0 Å². The van der Waals surface area contributed by atoms with Gasteiger partial charge in [-0.1, -0.05) is 48.5 Å². The molecule has 0 radical (unpaired) electrons. The van der Waals surface area contributed by atoms with Gasteiger partial charge >= 0.3 is 5.97 Å². The van der Waals surface area contributed by atoms with E-state index in [1.807, 2.05) is 30.3 Å². The molecule has 2 aromatic rings. The Hall–Kier alpha value is -2.73. The van der Waals surface area contributed by atoms with Crippen LogP contribution in [0.1, 0.15) is 24.1 Å². The molecule has 1 atom stereocenters. The van der Waals surface area contributed by atoms with Crippen LogP contribution < -0.4 is 10.6 Å². The van der Waals surface area contributed by atoms with Gasteiger partial charge in [-0.05, 0) is 30.8 Å². The molecule has 1 unspecified atom stereocenters. The first-order chi connectivity index (χ1) is 12.1. The largest absolute Gasteiger partial charge is 0.463 e. The minimum atomic E-state index is -0.732. The smallest absolute Gasteiger partial charge is 0.338 e. The summed E-state index contributed by atoms with van der Waals surface area (Å²) in [5.41, 5.74) is 1.93. The second-order valence-corrected chi connectivity index (χ2v) is 5.84. The highest BCUT2D eigenvalue weighted by Crippen LogP contribution is 2.33. The topological polar surface area (TPSA) is 50.4 Å². The van der Waals surface area contributed by atoms with Gasteiger partial charge in [0.05, 0.1) is 23.9 Å². The van der Waals surface area contributed by atoms with Crippen molar-refractivity contribution in [2.75, 3.05) is 6.61 Å². The molecule has 0 saturated heterocycles. The van der Waals surface area contributed by atoms with Gasteiger partial charge in [-0.15, -0.1) is 0 Å². The fourth-order valence-electron chi connectivity index (χ4n) is 2.77. The molecule has 2 aromatic carbocycles. The molecule has 4 nitrogen and oxygen atoms in total. The summed E-state index contributed by atoms with van der Waals surface area (Å²) in [5.74, 6) is -0.934. The Morgan fingerprint density at radius 3 is 2.52 bits per heavy atom. The second-order valence-electron chi connectivity index (χ2n) is 5.43. The van der Waals surface area contributed by atoms with Crippen molar-refractivity contribution in [3.8, 4) is 0 Å². The van der Waals surface area contributed by atoms with Crippen LogP contribution in [-0.2, 0) is 9.53 Å². The summed E-state index contributed by atoms with van der Waals surface area (Å²) in [6.45, 7) is 1.95. The van der Waals surface area contributed by atoms with E-state index in [9.17, 15) is 9.18 Å². The van der Waals surface area contributed by atoms with Gasteiger partial charge in [-0.25, -0.2) is 9.18 Å². The number of hydrogen-bond donors (Lipinski definition) is 2. The summed E-state index contributed by atoms with van der Waals surface area (Å²) < 4.78 is 19.6. The van der Waals surface area contributed by atoms with Crippen LogP contribution in [0.4, 0.5) is 4.39 Å². The number of rotatable bonds is 4. The predicted molar refractivity (Wildman–Crippen MR) is 98.0 cm³/mol. The fourth-order valence-corrected chi connectivity index (χ4v) is 2.99. The Bertz CT molecular complexity index is 836. The number of carbonyl (C=O) groups excluding carboxylic acids is 1. The Morgan fingerprint density at radius 1 is 1.16 bits per heavy atom. The van der Waals surface area contributed by atoms with Gasteiger partial charge in [0.25, 0.3) is 0 Å². The second kappa shape index (κ2) is 7.44. The number of carbonyl (C=O) groups is 1. The zero-order chi connectivity index (χ0) is 17.8. The molecular weight excluding hydrogens is 339 g/mol. The van der Waals surface area contributed by atoms with Gasteiger partial charge in [-0.2, -0.15) is 0 Å². The summed E-state index contributed by atoms with van der Waals surface area (Å²) >= 11 is 5.28. The minimum absolute atomic E-state index is 0.221. The maximum absolute atomic E-state index is 14.4. The molecule has 0 aromatic heterocycles. The van der Waals surface area contributed by atoms with Crippen LogP contribution in [0, 0.1) is 5.82 Å². The number of benzene rings is 2. The van der Waals surface area contributed by atoms with Gasteiger partial charge in [0, 0.05) is 5.56 Å². The van der Waals surface area contributed by atoms with Crippen LogP contribution in [0.5, 0.6) is 0 Å². The average Bonchev–Trinajstić information content (AvgIpc) is 2.62. The summed E-state index contributed by atoms with van der Waals surface area (Å²) in [4.78, 5) is 12.7. The van der Waals surface area contributed by atoms with Crippen molar-refractivity contribution in [3.63, 3.8) is 0 Å². The molecule has 0 fully saturated rings. The van der Waals surface area contributed by atoms with E-state index in [2.05, 4.69) is 10.6 Å². The third-order valence-corrected chi connectivity index (χ3v) is 4.07. The molecule has 0 saturated carbocycles. The molecule has 25 heavy (non-hydrogen) atoms. The van der Waals surface area contributed by atoms with Crippen molar-refractivity contribution >= 4 is 29.0 Å². The van der Waals surface area contributed by atoms with E-state index in [1.165, 1.54) is 6.07 Å². The first kappa shape index (κ1) is 17.1. The van der Waals surface area contributed by atoms with Crippen LogP contribution in [0.25, 0.3) is 5.70 Å². The Labute approximate surface area is 150 Å². The van der Waals surface area contributed by atoms with Crippen LogP contribution in [0.15, 0.2) is 60.2 Å². The summed E-state index contributed by atoms with van der Waals surface area (Å²) in [7, 11) is 0. The summed E-state index contributed by atoms with van der Waals surface area (Å²) in [6.07, 6.45) is 0. The lowest BCUT2D eigenvalue weighted by Crippen LogP contribution is -2.45. The number of halogens is 1. The zero-order valence-electron chi connectivity index (χ0n) is 13.6. The van der Waals surface area contributed by atoms with E-state index in [1.54, 1.807) is 25.1 Å². The third-order valence-electron chi connectivity index (χ3n) is 3.85. The highest BCUT2D eigenvalue weighted by atomic mass is 32.1. The minimum Gasteiger partial charge on any atom is -0.463 e. The van der Waals surface area contributed by atoms with Crippen LogP contribution in [0.2, 0.25) is 0 Å². The lowest BCUT2D eigenvalue weighted by atomic mass is 9.92. The SMILES string of the molecule is CCOC(=O)C1=C(c2ccccc2)NC(=S)NC1c1ccccc1F. The van der Waals surface area contributed by atoms with E-state index in [0.717, 1.165) is 5.56 Å². The van der Waals surface area contributed by atoms with Crippen LogP contribution in [0.3, 0.4) is 0 Å². The van der Waals surface area contributed by atoms with E-state index >= 15 is 0 Å². The molecule has 0 spiro atoms. The van der Waals surface area contributed by atoms with Gasteiger partial charge in [0.15, 0.2) is 5.11 Å². The third kappa shape index (κ3) is 3.53. The van der Waals surface area contributed by atoms with E-state index < -0.39 is 17.8 Å². The average molecular weight is 356 g/mol. The maximum Gasteiger partial charge on any atom is 0.338 e. The predicted octanol–water partition coefficient (Wildman–Crippen LogP) is 3.32. The van der Waals surface area contributed by atoms with E-state index in [0.29, 0.717) is 21.9 Å². The van der Waals surface area contributed by atoms with Crippen molar-refractivity contribution in [3.05, 3.63) is 77.1 Å². The molecule has 1 aliphatic heterocycles. The zero-order valence-corrected chi connectivity index (χ0v) is 14.4. The molecule has 3 rings (SSSR count). The number of hydrogen-bond acceptors (Lipinski definition) is 3. The van der Waals surface area contributed by atoms with Crippen molar-refractivity contribution in [1.82, 2.24) is 10.6 Å². The molecule has 1 heterocycles. The van der Waals surface area contributed by atoms with Crippen molar-refractivity contribution < 1.29 is 13.9 Å². The number of esters is 1. The Kier molecular flexibility index (Phi) is 5.09. The maximum atomic E-state index is 14.4. The quantitative estimate of drug-likeness (QED) is 0.650. The van der Waals surface area contributed by atoms with Crippen molar-refractivity contribution in [2.24, 2.45) is 0 Å². The summed E-state index contributed by atoms with van der Waals surface area (Å²) in [5, 5.41) is 6.32. The van der Waals surface area contributed by atoms with Crippen molar-refractivity contribution in [2.45, 2.75) is 13.0 Å². The summed E-state index contributed by atoms with van der Waals surface area (Å²) in [6, 6.07) is 14.9. The first-order valence-electron chi connectivity index (χ1n) is 7.90. The Balaban J connectivity index is 2.20. The number of ether oxygens (including phenoxy) is 1. The van der Waals surface area contributed by atoms with E-state index in [-0.39, 0.29) is 6.61 Å². The first-order valence-corrected chi connectivity index (χ1v) is 8.31. The standard InChI is InChI=1S/C19H17FN2O2S/c1-2-24-18(23)15-16(12-8-4-3-5-9-12)21-19(25)22-17(15)13-10-6-7-11-14(13)20/h3-11,17H,2H2,1H3,(H2,21,22,25). The van der Waals surface area contributed by atoms with Gasteiger partial charge < -0.3 is 15.4 Å². The van der Waals surface area contributed by atoms with Crippen molar-refractivity contribution in [1.29, 1.82) is 0 Å². The monoisotopic (exact) mass is 356 g/mol. The van der Waals surface area contributed by atoms with Crippen LogP contribution in [-0.4, -0.2) is 17.7 Å². The lowest BCUT2D eigenvalue weighted by molar-refractivity contribution is -0.138. The Morgan fingerprint density at radius 2 is 1.84 bits per heavy atom. The highest BCUT2D eigenvalue weighted by Gasteiger charge is 2.34. The fraction of sp³-hybridized carbons (Fsp3) is 0.158. The lowest BCUT2D eigenvalue weighted by Gasteiger charge is -2.31.